The molecular formula is C12H19NO3. The van der Waals surface area contributed by atoms with E-state index in [-0.39, 0.29) is 17.9 Å². The molecule has 0 bridgehead atoms. The summed E-state index contributed by atoms with van der Waals surface area (Å²) in [6, 6.07) is 0.616. The summed E-state index contributed by atoms with van der Waals surface area (Å²) in [4.78, 5) is 24.9. The van der Waals surface area contributed by atoms with E-state index in [1.54, 1.807) is 0 Å². The minimum Gasteiger partial charge on any atom is -0.481 e. The molecule has 2 fully saturated rings. The van der Waals surface area contributed by atoms with Crippen LogP contribution in [-0.4, -0.2) is 34.0 Å². The molecule has 90 valence electrons. The fraction of sp³-hybridized carbons (Fsp3) is 0.833. The predicted octanol–water partition coefficient (Wildman–Crippen LogP) is 1.50. The van der Waals surface area contributed by atoms with Crippen LogP contribution in [0.15, 0.2) is 0 Å². The van der Waals surface area contributed by atoms with Crippen LogP contribution >= 0.6 is 0 Å². The van der Waals surface area contributed by atoms with Gasteiger partial charge in [0.25, 0.3) is 0 Å². The summed E-state index contributed by atoms with van der Waals surface area (Å²) in [7, 11) is 0. The normalized spacial score (nSPS) is 37.5. The molecular weight excluding hydrogens is 206 g/mol. The average Bonchev–Trinajstić information content (AvgIpc) is 2.96. The van der Waals surface area contributed by atoms with Gasteiger partial charge in [-0.2, -0.15) is 0 Å². The Kier molecular flexibility index (Phi) is 2.91. The molecule has 16 heavy (non-hydrogen) atoms. The lowest BCUT2D eigenvalue weighted by Gasteiger charge is -2.28. The van der Waals surface area contributed by atoms with Crippen molar-refractivity contribution >= 4 is 11.9 Å². The van der Waals surface area contributed by atoms with Gasteiger partial charge in [-0.15, -0.1) is 0 Å². The van der Waals surface area contributed by atoms with Crippen molar-refractivity contribution in [3.05, 3.63) is 0 Å². The number of carbonyl (C=O) groups is 2. The quantitative estimate of drug-likeness (QED) is 0.791. The number of likely N-dealkylation sites (tertiary alicyclic amines) is 1. The first kappa shape index (κ1) is 11.4. The van der Waals surface area contributed by atoms with Crippen molar-refractivity contribution in [1.82, 2.24) is 4.90 Å². The van der Waals surface area contributed by atoms with E-state index < -0.39 is 11.9 Å². The Morgan fingerprint density at radius 2 is 2.00 bits per heavy atom. The van der Waals surface area contributed by atoms with Gasteiger partial charge in [-0.3, -0.25) is 9.59 Å². The highest BCUT2D eigenvalue weighted by molar-refractivity contribution is 5.90. The van der Waals surface area contributed by atoms with Crippen molar-refractivity contribution in [2.24, 2.45) is 11.8 Å². The number of carboxylic acids is 1. The maximum atomic E-state index is 12.2. The number of hydrogen-bond acceptors (Lipinski definition) is 2. The molecule has 1 N–H and O–H groups in total. The fourth-order valence-electron chi connectivity index (χ4n) is 2.80. The lowest BCUT2D eigenvalue weighted by Crippen LogP contribution is -2.41. The van der Waals surface area contributed by atoms with Crippen LogP contribution in [-0.2, 0) is 9.59 Å². The summed E-state index contributed by atoms with van der Waals surface area (Å²) in [6.07, 6.45) is 3.62. The molecule has 1 heterocycles. The van der Waals surface area contributed by atoms with Gasteiger partial charge in [0, 0.05) is 12.1 Å². The van der Waals surface area contributed by atoms with Crippen molar-refractivity contribution in [2.45, 2.75) is 51.6 Å². The van der Waals surface area contributed by atoms with Gasteiger partial charge < -0.3 is 10.0 Å². The molecule has 0 aromatic rings. The molecule has 0 spiro atoms. The molecule has 4 nitrogen and oxygen atoms in total. The zero-order chi connectivity index (χ0) is 11.9. The minimum absolute atomic E-state index is 0.0734. The Morgan fingerprint density at radius 1 is 1.31 bits per heavy atom. The van der Waals surface area contributed by atoms with Crippen molar-refractivity contribution < 1.29 is 14.7 Å². The third kappa shape index (κ3) is 1.81. The van der Waals surface area contributed by atoms with Gasteiger partial charge in [-0.1, -0.05) is 6.92 Å². The van der Waals surface area contributed by atoms with Gasteiger partial charge >= 0.3 is 5.97 Å². The lowest BCUT2D eigenvalue weighted by molar-refractivity contribution is -0.142. The van der Waals surface area contributed by atoms with E-state index in [4.69, 9.17) is 5.11 Å². The van der Waals surface area contributed by atoms with E-state index in [1.807, 2.05) is 4.90 Å². The second-order valence-electron chi connectivity index (χ2n) is 5.02. The Bertz CT molecular complexity index is 315. The maximum absolute atomic E-state index is 12.2. The predicted molar refractivity (Wildman–Crippen MR) is 58.9 cm³/mol. The zero-order valence-electron chi connectivity index (χ0n) is 9.85. The number of aliphatic carboxylic acids is 1. The molecule has 4 unspecified atom stereocenters. The van der Waals surface area contributed by atoms with Gasteiger partial charge in [0.2, 0.25) is 5.91 Å². The van der Waals surface area contributed by atoms with E-state index in [1.165, 1.54) is 0 Å². The number of nitrogens with zero attached hydrogens (tertiary/aromatic N) is 1. The van der Waals surface area contributed by atoms with Crippen LogP contribution in [0.5, 0.6) is 0 Å². The molecule has 0 aromatic heterocycles. The standard InChI is InChI=1S/C12H19NO3/c1-3-8-5-4-7(2)13(8)11(14)9-6-10(9)12(15)16/h7-10H,3-6H2,1-2H3,(H,15,16). The summed E-state index contributed by atoms with van der Waals surface area (Å²) in [5, 5.41) is 8.83. The van der Waals surface area contributed by atoms with Crippen LogP contribution in [0.2, 0.25) is 0 Å². The zero-order valence-corrected chi connectivity index (χ0v) is 9.85. The van der Waals surface area contributed by atoms with Crippen molar-refractivity contribution in [3.63, 3.8) is 0 Å². The maximum Gasteiger partial charge on any atom is 0.307 e. The smallest absolute Gasteiger partial charge is 0.307 e. The number of amides is 1. The Labute approximate surface area is 95.6 Å². The molecule has 4 heteroatoms. The third-order valence-electron chi connectivity index (χ3n) is 3.94. The summed E-state index contributed by atoms with van der Waals surface area (Å²) in [5.41, 5.74) is 0. The first-order valence-corrected chi connectivity index (χ1v) is 6.11. The first-order chi connectivity index (χ1) is 7.56. The number of hydrogen-bond donors (Lipinski definition) is 1. The summed E-state index contributed by atoms with van der Waals surface area (Å²) in [5.74, 6) is -1.41. The molecule has 1 aliphatic carbocycles. The highest BCUT2D eigenvalue weighted by Gasteiger charge is 2.51. The van der Waals surface area contributed by atoms with Gasteiger partial charge in [-0.25, -0.2) is 0 Å². The second kappa shape index (κ2) is 4.07. The SMILES string of the molecule is CCC1CCC(C)N1C(=O)C1CC1C(=O)O. The van der Waals surface area contributed by atoms with Crippen LogP contribution in [0, 0.1) is 11.8 Å². The number of rotatable bonds is 3. The fourth-order valence-corrected chi connectivity index (χ4v) is 2.80. The number of carbonyl (C=O) groups excluding carboxylic acids is 1. The Hall–Kier alpha value is -1.06. The van der Waals surface area contributed by atoms with Crippen molar-refractivity contribution in [3.8, 4) is 0 Å². The molecule has 0 radical (unpaired) electrons. The molecule has 2 aliphatic rings. The average molecular weight is 225 g/mol. The van der Waals surface area contributed by atoms with Crippen molar-refractivity contribution in [2.75, 3.05) is 0 Å². The van der Waals surface area contributed by atoms with Crippen LogP contribution in [0.3, 0.4) is 0 Å². The lowest BCUT2D eigenvalue weighted by atomic mass is 10.1. The van der Waals surface area contributed by atoms with E-state index in [0.29, 0.717) is 12.5 Å². The van der Waals surface area contributed by atoms with E-state index in [9.17, 15) is 9.59 Å². The summed E-state index contributed by atoms with van der Waals surface area (Å²) in [6.45, 7) is 4.15. The van der Waals surface area contributed by atoms with Crippen molar-refractivity contribution in [1.29, 1.82) is 0 Å². The van der Waals surface area contributed by atoms with Crippen LogP contribution in [0.4, 0.5) is 0 Å². The molecule has 1 saturated carbocycles. The highest BCUT2D eigenvalue weighted by Crippen LogP contribution is 2.42. The van der Waals surface area contributed by atoms with Gasteiger partial charge in [0.15, 0.2) is 0 Å². The molecule has 4 atom stereocenters. The molecule has 1 aliphatic heterocycles. The summed E-state index contributed by atoms with van der Waals surface area (Å²) >= 11 is 0. The van der Waals surface area contributed by atoms with E-state index in [0.717, 1.165) is 19.3 Å². The Morgan fingerprint density at radius 3 is 2.50 bits per heavy atom. The van der Waals surface area contributed by atoms with E-state index >= 15 is 0 Å². The van der Waals surface area contributed by atoms with Gasteiger partial charge in [0.05, 0.1) is 11.8 Å². The number of carboxylic acid groups (broad SMARTS) is 1. The Balaban J connectivity index is 2.02. The first-order valence-electron chi connectivity index (χ1n) is 6.11. The molecule has 1 saturated heterocycles. The largest absolute Gasteiger partial charge is 0.481 e. The van der Waals surface area contributed by atoms with Crippen LogP contribution in [0.1, 0.15) is 39.5 Å². The van der Waals surface area contributed by atoms with Gasteiger partial charge in [0.1, 0.15) is 0 Å². The minimum atomic E-state index is -0.821. The topological polar surface area (TPSA) is 57.6 Å². The molecule has 0 aromatic carbocycles. The third-order valence-corrected chi connectivity index (χ3v) is 3.94. The summed E-state index contributed by atoms with van der Waals surface area (Å²) < 4.78 is 0. The van der Waals surface area contributed by atoms with Crippen LogP contribution in [0.25, 0.3) is 0 Å². The molecule has 2 rings (SSSR count). The monoisotopic (exact) mass is 225 g/mol. The second-order valence-corrected chi connectivity index (χ2v) is 5.02. The van der Waals surface area contributed by atoms with Crippen LogP contribution < -0.4 is 0 Å². The van der Waals surface area contributed by atoms with Gasteiger partial charge in [-0.05, 0) is 32.6 Å². The molecule has 1 amide bonds. The highest BCUT2D eigenvalue weighted by atomic mass is 16.4. The van der Waals surface area contributed by atoms with E-state index in [2.05, 4.69) is 13.8 Å².